The maximum Gasteiger partial charge on any atom is 0.0297 e. The maximum atomic E-state index is 3.83. The highest BCUT2D eigenvalue weighted by Crippen LogP contribution is 2.38. The molecule has 0 bridgehead atoms. The van der Waals surface area contributed by atoms with Crippen molar-refractivity contribution in [2.75, 3.05) is 0 Å². The average Bonchev–Trinajstić information content (AvgIpc) is 2.59. The van der Waals surface area contributed by atoms with Crippen LogP contribution in [0.5, 0.6) is 0 Å². The van der Waals surface area contributed by atoms with Gasteiger partial charge in [-0.25, -0.2) is 0 Å². The van der Waals surface area contributed by atoms with E-state index in [9.17, 15) is 0 Å². The molecule has 0 saturated heterocycles. The topological polar surface area (TPSA) is 12.0 Å². The van der Waals surface area contributed by atoms with Crippen LogP contribution in [0.15, 0.2) is 24.3 Å². The van der Waals surface area contributed by atoms with Crippen LogP contribution >= 0.6 is 0 Å². The van der Waals surface area contributed by atoms with Crippen molar-refractivity contribution in [3.8, 4) is 0 Å². The Balaban J connectivity index is 2.07. The van der Waals surface area contributed by atoms with Gasteiger partial charge in [0.25, 0.3) is 0 Å². The fourth-order valence-electron chi connectivity index (χ4n) is 3.10. The summed E-state index contributed by atoms with van der Waals surface area (Å²) in [6, 6.07) is 9.82. The van der Waals surface area contributed by atoms with E-state index >= 15 is 0 Å². The normalized spacial score (nSPS) is 24.8. The first-order valence-electron chi connectivity index (χ1n) is 6.82. The molecule has 0 aliphatic heterocycles. The van der Waals surface area contributed by atoms with E-state index in [0.717, 1.165) is 0 Å². The number of rotatable bonds is 3. The summed E-state index contributed by atoms with van der Waals surface area (Å²) >= 11 is 0. The lowest BCUT2D eigenvalue weighted by Crippen LogP contribution is -2.39. The van der Waals surface area contributed by atoms with Crippen molar-refractivity contribution in [3.05, 3.63) is 35.4 Å². The van der Waals surface area contributed by atoms with E-state index in [-0.39, 0.29) is 0 Å². The third-order valence-electron chi connectivity index (χ3n) is 4.36. The molecule has 1 aromatic rings. The molecule has 2 atom stereocenters. The predicted molar refractivity (Wildman–Crippen MR) is 74.1 cm³/mol. The lowest BCUT2D eigenvalue weighted by molar-refractivity contribution is 0.266. The van der Waals surface area contributed by atoms with Crippen molar-refractivity contribution in [1.29, 1.82) is 0 Å². The summed E-state index contributed by atoms with van der Waals surface area (Å²) in [5.74, 6) is 0. The highest BCUT2D eigenvalue weighted by atomic mass is 15.0. The van der Waals surface area contributed by atoms with Gasteiger partial charge < -0.3 is 5.32 Å². The molecule has 17 heavy (non-hydrogen) atoms. The van der Waals surface area contributed by atoms with E-state index in [2.05, 4.69) is 57.3 Å². The van der Waals surface area contributed by atoms with Gasteiger partial charge in [-0.3, -0.25) is 0 Å². The first-order chi connectivity index (χ1) is 8.00. The molecule has 2 rings (SSSR count). The van der Waals surface area contributed by atoms with Crippen molar-refractivity contribution in [3.63, 3.8) is 0 Å². The smallest absolute Gasteiger partial charge is 0.0297 e. The third-order valence-corrected chi connectivity index (χ3v) is 4.36. The second-order valence-corrected chi connectivity index (χ2v) is 6.18. The first kappa shape index (κ1) is 12.6. The Bertz CT molecular complexity index is 381. The molecule has 1 aliphatic rings. The molecule has 0 radical (unpaired) electrons. The van der Waals surface area contributed by atoms with Crippen LogP contribution in [0.25, 0.3) is 0 Å². The Kier molecular flexibility index (Phi) is 3.58. The summed E-state index contributed by atoms with van der Waals surface area (Å²) in [4.78, 5) is 0. The minimum Gasteiger partial charge on any atom is -0.307 e. The van der Waals surface area contributed by atoms with Gasteiger partial charge in [-0.1, -0.05) is 44.5 Å². The highest BCUT2D eigenvalue weighted by Gasteiger charge is 2.35. The van der Waals surface area contributed by atoms with Crippen molar-refractivity contribution in [1.82, 2.24) is 5.32 Å². The van der Waals surface area contributed by atoms with Crippen LogP contribution in [0.4, 0.5) is 0 Å². The average molecular weight is 231 g/mol. The number of hydrogen-bond donors (Lipinski definition) is 1. The Morgan fingerprint density at radius 1 is 1.29 bits per heavy atom. The van der Waals surface area contributed by atoms with Crippen LogP contribution in [0.3, 0.4) is 0 Å². The van der Waals surface area contributed by atoms with Crippen molar-refractivity contribution in [2.24, 2.45) is 5.41 Å². The van der Waals surface area contributed by atoms with Crippen LogP contribution < -0.4 is 5.32 Å². The molecule has 1 nitrogen and oxygen atoms in total. The first-order valence-corrected chi connectivity index (χ1v) is 6.82. The molecule has 1 aliphatic carbocycles. The zero-order chi connectivity index (χ0) is 12.5. The van der Waals surface area contributed by atoms with Gasteiger partial charge in [-0.15, -0.1) is 0 Å². The minimum absolute atomic E-state index is 0.455. The SMILES string of the molecule is Cc1ccccc1[C@@H](C)NC1CCCC1(C)C. The quantitative estimate of drug-likeness (QED) is 0.821. The van der Waals surface area contributed by atoms with Gasteiger partial charge in [0.2, 0.25) is 0 Å². The van der Waals surface area contributed by atoms with E-state index < -0.39 is 0 Å². The molecule has 1 unspecified atom stereocenters. The number of benzene rings is 1. The summed E-state index contributed by atoms with van der Waals surface area (Å²) in [6.07, 6.45) is 4.04. The summed E-state index contributed by atoms with van der Waals surface area (Å²) < 4.78 is 0. The highest BCUT2D eigenvalue weighted by molar-refractivity contribution is 5.28. The van der Waals surface area contributed by atoms with Crippen LogP contribution in [-0.2, 0) is 0 Å². The second kappa shape index (κ2) is 4.81. The number of hydrogen-bond acceptors (Lipinski definition) is 1. The molecule has 1 aromatic carbocycles. The Morgan fingerprint density at radius 2 is 2.00 bits per heavy atom. The summed E-state index contributed by atoms with van der Waals surface area (Å²) in [5.41, 5.74) is 3.29. The molecule has 1 heteroatoms. The third kappa shape index (κ3) is 2.71. The van der Waals surface area contributed by atoms with E-state index in [1.54, 1.807) is 0 Å². The molecule has 0 heterocycles. The van der Waals surface area contributed by atoms with Crippen LogP contribution in [0, 0.1) is 12.3 Å². The van der Waals surface area contributed by atoms with Crippen molar-refractivity contribution < 1.29 is 0 Å². The molecule has 1 N–H and O–H groups in total. The molecule has 1 fully saturated rings. The lowest BCUT2D eigenvalue weighted by Gasteiger charge is -2.31. The lowest BCUT2D eigenvalue weighted by atomic mass is 9.86. The second-order valence-electron chi connectivity index (χ2n) is 6.18. The number of nitrogens with one attached hydrogen (secondary N) is 1. The minimum atomic E-state index is 0.455. The monoisotopic (exact) mass is 231 g/mol. The Morgan fingerprint density at radius 3 is 2.59 bits per heavy atom. The molecular weight excluding hydrogens is 206 g/mol. The van der Waals surface area contributed by atoms with Crippen LogP contribution in [0.2, 0.25) is 0 Å². The summed E-state index contributed by atoms with van der Waals surface area (Å²) in [6.45, 7) is 9.27. The van der Waals surface area contributed by atoms with Gasteiger partial charge in [-0.05, 0) is 43.2 Å². The molecule has 0 amide bonds. The van der Waals surface area contributed by atoms with Crippen molar-refractivity contribution in [2.45, 2.75) is 59.0 Å². The maximum absolute atomic E-state index is 3.83. The summed E-state index contributed by atoms with van der Waals surface area (Å²) in [5, 5.41) is 3.83. The molecule has 0 aromatic heterocycles. The summed E-state index contributed by atoms with van der Waals surface area (Å²) in [7, 11) is 0. The molecular formula is C16H25N. The van der Waals surface area contributed by atoms with Gasteiger partial charge >= 0.3 is 0 Å². The van der Waals surface area contributed by atoms with E-state index in [1.165, 1.54) is 30.4 Å². The van der Waals surface area contributed by atoms with Gasteiger partial charge in [0.05, 0.1) is 0 Å². The van der Waals surface area contributed by atoms with E-state index in [1.807, 2.05) is 0 Å². The van der Waals surface area contributed by atoms with Gasteiger partial charge in [0, 0.05) is 12.1 Å². The fraction of sp³-hybridized carbons (Fsp3) is 0.625. The Hall–Kier alpha value is -0.820. The van der Waals surface area contributed by atoms with Crippen LogP contribution in [-0.4, -0.2) is 6.04 Å². The van der Waals surface area contributed by atoms with Gasteiger partial charge in [0.1, 0.15) is 0 Å². The van der Waals surface area contributed by atoms with Crippen molar-refractivity contribution >= 4 is 0 Å². The Labute approximate surface area is 106 Å². The largest absolute Gasteiger partial charge is 0.307 e. The number of aryl methyl sites for hydroxylation is 1. The predicted octanol–water partition coefficient (Wildman–Crippen LogP) is 4.22. The van der Waals surface area contributed by atoms with E-state index in [4.69, 9.17) is 0 Å². The fourth-order valence-corrected chi connectivity index (χ4v) is 3.10. The van der Waals surface area contributed by atoms with Gasteiger partial charge in [-0.2, -0.15) is 0 Å². The van der Waals surface area contributed by atoms with Crippen LogP contribution in [0.1, 0.15) is 57.2 Å². The molecule has 94 valence electrons. The molecule has 1 saturated carbocycles. The standard InChI is InChI=1S/C16H25N/c1-12-8-5-6-9-14(12)13(2)17-15-10-7-11-16(15,3)4/h5-6,8-9,13,15,17H,7,10-11H2,1-4H3/t13-,15?/m1/s1. The van der Waals surface area contributed by atoms with E-state index in [0.29, 0.717) is 17.5 Å². The zero-order valence-corrected chi connectivity index (χ0v) is 11.6. The molecule has 0 spiro atoms. The zero-order valence-electron chi connectivity index (χ0n) is 11.6. The van der Waals surface area contributed by atoms with Gasteiger partial charge in [0.15, 0.2) is 0 Å².